The molecule has 0 aromatic heterocycles. The van der Waals surface area contributed by atoms with Crippen LogP contribution < -0.4 is 0 Å². The summed E-state index contributed by atoms with van der Waals surface area (Å²) in [6.45, 7) is 2.11. The Bertz CT molecular complexity index is 1000. The lowest BCUT2D eigenvalue weighted by molar-refractivity contribution is -0.160. The van der Waals surface area contributed by atoms with E-state index in [-0.39, 0.29) is 19.4 Å². The normalized spacial score (nSPS) is 14.8. The third-order valence-corrected chi connectivity index (χ3v) is 8.17. The highest BCUT2D eigenvalue weighted by Gasteiger charge is 2.27. The maximum atomic E-state index is 12.5. The first-order valence-electron chi connectivity index (χ1n) is 18.2. The molecule has 0 amide bonds. The second-order valence-electron chi connectivity index (χ2n) is 11.9. The van der Waals surface area contributed by atoms with E-state index in [4.69, 9.17) is 19.1 Å². The maximum Gasteiger partial charge on any atom is 0.472 e. The summed E-state index contributed by atoms with van der Waals surface area (Å²) in [4.78, 5) is 34.7. The second-order valence-corrected chi connectivity index (χ2v) is 13.3. The van der Waals surface area contributed by atoms with Gasteiger partial charge in [0, 0.05) is 6.42 Å². The molecule has 49 heavy (non-hydrogen) atoms. The fourth-order valence-corrected chi connectivity index (χ4v) is 5.21. The summed E-state index contributed by atoms with van der Waals surface area (Å²) in [5.74, 6) is -1.08. The highest BCUT2D eigenvalue weighted by molar-refractivity contribution is 7.47. The molecule has 0 spiro atoms. The van der Waals surface area contributed by atoms with E-state index in [1.165, 1.54) is 44.9 Å². The van der Waals surface area contributed by atoms with E-state index in [0.717, 1.165) is 44.9 Å². The molecule has 0 saturated carbocycles. The van der Waals surface area contributed by atoms with E-state index in [0.29, 0.717) is 12.8 Å². The van der Waals surface area contributed by atoms with Gasteiger partial charge in [-0.1, -0.05) is 139 Å². The van der Waals surface area contributed by atoms with Gasteiger partial charge < -0.3 is 24.6 Å². The number of phosphoric ester groups is 1. The molecule has 3 N–H and O–H groups in total. The van der Waals surface area contributed by atoms with Crippen LogP contribution in [-0.4, -0.2) is 65.7 Å². The molecule has 0 rings (SSSR count). The predicted molar refractivity (Wildman–Crippen MR) is 196 cm³/mol. The van der Waals surface area contributed by atoms with Gasteiger partial charge in [-0.25, -0.2) is 4.57 Å². The van der Waals surface area contributed by atoms with Crippen LogP contribution in [0.4, 0.5) is 0 Å². The summed E-state index contributed by atoms with van der Waals surface area (Å²) in [5, 5.41) is 18.2. The summed E-state index contributed by atoms with van der Waals surface area (Å²) in [5.41, 5.74) is 0. The van der Waals surface area contributed by atoms with Crippen LogP contribution in [-0.2, 0) is 32.7 Å². The average Bonchev–Trinajstić information content (AvgIpc) is 3.09. The Morgan fingerprint density at radius 1 is 0.633 bits per heavy atom. The largest absolute Gasteiger partial charge is 0.472 e. The van der Waals surface area contributed by atoms with Crippen molar-refractivity contribution in [2.75, 3.05) is 26.4 Å². The molecule has 10 nitrogen and oxygen atoms in total. The number of aliphatic hydroxyl groups is 2. The quantitative estimate of drug-likeness (QED) is 0.0261. The molecule has 282 valence electrons. The van der Waals surface area contributed by atoms with Crippen molar-refractivity contribution in [1.82, 2.24) is 0 Å². The molecule has 0 radical (unpaired) electrons. The summed E-state index contributed by atoms with van der Waals surface area (Å²) in [6.07, 6.45) is 35.1. The Labute approximate surface area is 296 Å². The molecule has 0 aliphatic rings. The van der Waals surface area contributed by atoms with E-state index >= 15 is 0 Å². The third-order valence-electron chi connectivity index (χ3n) is 7.22. The summed E-state index contributed by atoms with van der Waals surface area (Å²) in [7, 11) is -4.63. The van der Waals surface area contributed by atoms with Crippen LogP contribution in [0.3, 0.4) is 0 Å². The van der Waals surface area contributed by atoms with Crippen molar-refractivity contribution < 1.29 is 47.8 Å². The van der Waals surface area contributed by atoms with Crippen LogP contribution in [0.5, 0.6) is 0 Å². The number of carbonyl (C=O) groups excluding carboxylic acids is 2. The average molecular weight is 713 g/mol. The number of ether oxygens (including phenoxy) is 2. The first-order valence-corrected chi connectivity index (χ1v) is 19.7. The number of esters is 2. The molecular formula is C38H65O10P. The van der Waals surface area contributed by atoms with Crippen molar-refractivity contribution in [1.29, 1.82) is 0 Å². The lowest BCUT2D eigenvalue weighted by atomic mass is 10.1. The van der Waals surface area contributed by atoms with E-state index < -0.39 is 51.8 Å². The van der Waals surface area contributed by atoms with Crippen LogP contribution in [0.2, 0.25) is 0 Å². The van der Waals surface area contributed by atoms with Gasteiger partial charge in [-0.05, 0) is 38.5 Å². The monoisotopic (exact) mass is 712 g/mol. The van der Waals surface area contributed by atoms with Crippen molar-refractivity contribution in [2.24, 2.45) is 0 Å². The second kappa shape index (κ2) is 34.1. The van der Waals surface area contributed by atoms with Gasteiger partial charge in [0.25, 0.3) is 0 Å². The molecule has 0 aliphatic heterocycles. The predicted octanol–water partition coefficient (Wildman–Crippen LogP) is 8.77. The molecule has 11 heteroatoms. The minimum Gasteiger partial charge on any atom is -0.462 e. The van der Waals surface area contributed by atoms with Crippen molar-refractivity contribution in [3.8, 4) is 0 Å². The molecule has 0 heterocycles. The van der Waals surface area contributed by atoms with Gasteiger partial charge in [-0.15, -0.1) is 0 Å². The number of rotatable bonds is 33. The molecule has 0 saturated heterocycles. The van der Waals surface area contributed by atoms with Crippen molar-refractivity contribution in [2.45, 2.75) is 142 Å². The first-order chi connectivity index (χ1) is 23.7. The Hall–Kier alpha value is -2.33. The van der Waals surface area contributed by atoms with Gasteiger partial charge in [0.2, 0.25) is 0 Å². The molecule has 0 aromatic rings. The highest BCUT2D eigenvalue weighted by atomic mass is 31.2. The molecule has 0 bridgehead atoms. The van der Waals surface area contributed by atoms with Gasteiger partial charge in [0.15, 0.2) is 6.10 Å². The third kappa shape index (κ3) is 33.9. The van der Waals surface area contributed by atoms with Crippen LogP contribution in [0.25, 0.3) is 0 Å². The lowest BCUT2D eigenvalue weighted by Gasteiger charge is -2.20. The van der Waals surface area contributed by atoms with Crippen molar-refractivity contribution >= 4 is 19.8 Å². The van der Waals surface area contributed by atoms with Crippen LogP contribution in [0, 0.1) is 0 Å². The summed E-state index contributed by atoms with van der Waals surface area (Å²) >= 11 is 0. The van der Waals surface area contributed by atoms with Crippen LogP contribution in [0.15, 0.2) is 60.8 Å². The molecule has 3 atom stereocenters. The van der Waals surface area contributed by atoms with E-state index in [2.05, 4.69) is 54.8 Å². The Kier molecular flexibility index (Phi) is 32.5. The number of hydrogen-bond acceptors (Lipinski definition) is 9. The molecule has 0 fully saturated rings. The first kappa shape index (κ1) is 46.7. The van der Waals surface area contributed by atoms with Crippen molar-refractivity contribution in [3.63, 3.8) is 0 Å². The van der Waals surface area contributed by atoms with Crippen LogP contribution in [0.1, 0.15) is 129 Å². The number of allylic oxidation sites excluding steroid dienone is 9. The molecular weight excluding hydrogens is 647 g/mol. The zero-order valence-corrected chi connectivity index (χ0v) is 31.0. The Morgan fingerprint density at radius 2 is 1.10 bits per heavy atom. The van der Waals surface area contributed by atoms with Gasteiger partial charge in [0.1, 0.15) is 12.7 Å². The number of phosphoric acid groups is 1. The SMILES string of the molecule is CC/C=C\C/C=C\C/C=C\C/C=C\C/C=C\CC(=O)OC(COC(=O)CCCCCCCCCCCCC)COP(=O)(O)OCC(O)CO. The van der Waals surface area contributed by atoms with Gasteiger partial charge in [-0.2, -0.15) is 0 Å². The summed E-state index contributed by atoms with van der Waals surface area (Å²) < 4.78 is 32.4. The van der Waals surface area contributed by atoms with Gasteiger partial charge >= 0.3 is 19.8 Å². The summed E-state index contributed by atoms with van der Waals surface area (Å²) in [6, 6.07) is 0. The standard InChI is InChI=1S/C38H65O10P/c1-3-5-7-9-11-13-15-16-17-18-20-22-24-26-28-30-38(42)48-36(34-47-49(43,44)46-32-35(40)31-39)33-45-37(41)29-27-25-23-21-19-14-12-10-8-6-4-2/h5,7,11,13,16-17,20,22,26,28,35-36,39-40H,3-4,6,8-10,12,14-15,18-19,21,23-25,27,29-34H2,1-2H3,(H,43,44)/b7-5-,13-11-,17-16-,22-20-,28-26-. The van der Waals surface area contributed by atoms with E-state index in [1.807, 2.05) is 18.2 Å². The number of aliphatic hydroxyl groups excluding tert-OH is 2. The molecule has 0 aromatic carbocycles. The zero-order chi connectivity index (χ0) is 36.3. The topological polar surface area (TPSA) is 149 Å². The van der Waals surface area contributed by atoms with Gasteiger partial charge in [0.05, 0.1) is 26.2 Å². The number of carbonyl (C=O) groups is 2. The Balaban J connectivity index is 4.56. The minimum absolute atomic E-state index is 0.0489. The van der Waals surface area contributed by atoms with E-state index in [1.54, 1.807) is 6.08 Å². The van der Waals surface area contributed by atoms with Crippen LogP contribution >= 0.6 is 7.82 Å². The molecule has 0 aliphatic carbocycles. The highest BCUT2D eigenvalue weighted by Crippen LogP contribution is 2.43. The Morgan fingerprint density at radius 3 is 1.61 bits per heavy atom. The molecule has 3 unspecified atom stereocenters. The number of unbranched alkanes of at least 4 members (excludes halogenated alkanes) is 10. The maximum absolute atomic E-state index is 12.5. The van der Waals surface area contributed by atoms with E-state index in [9.17, 15) is 24.2 Å². The minimum atomic E-state index is -4.63. The lowest BCUT2D eigenvalue weighted by Crippen LogP contribution is -2.29. The number of hydrogen-bond donors (Lipinski definition) is 3. The van der Waals surface area contributed by atoms with Gasteiger partial charge in [-0.3, -0.25) is 18.6 Å². The fraction of sp³-hybridized carbons (Fsp3) is 0.684. The fourth-order valence-electron chi connectivity index (χ4n) is 4.42. The smallest absolute Gasteiger partial charge is 0.462 e. The van der Waals surface area contributed by atoms with Crippen molar-refractivity contribution in [3.05, 3.63) is 60.8 Å². The zero-order valence-electron chi connectivity index (χ0n) is 30.1.